The number of aryl methyl sites for hydroxylation is 1. The Hall–Kier alpha value is -1.40. The SMILES string of the molecule is CCCNc1cc(N2CC(CO)OCC2C)nc(C)n1. The number of aliphatic hydroxyl groups excluding tert-OH is 1. The van der Waals surface area contributed by atoms with Gasteiger partial charge < -0.3 is 20.1 Å². The molecule has 2 rings (SSSR count). The molecule has 1 aromatic rings. The summed E-state index contributed by atoms with van der Waals surface area (Å²) in [5.74, 6) is 2.50. The summed E-state index contributed by atoms with van der Waals surface area (Å²) in [5.41, 5.74) is 0. The molecule has 1 aliphatic heterocycles. The Bertz CT molecular complexity index is 441. The molecule has 0 amide bonds. The summed E-state index contributed by atoms with van der Waals surface area (Å²) in [4.78, 5) is 11.1. The normalized spacial score (nSPS) is 22.9. The topological polar surface area (TPSA) is 70.5 Å². The zero-order chi connectivity index (χ0) is 14.5. The lowest BCUT2D eigenvalue weighted by atomic mass is 10.2. The van der Waals surface area contributed by atoms with Gasteiger partial charge in [0.15, 0.2) is 0 Å². The molecule has 2 heterocycles. The van der Waals surface area contributed by atoms with E-state index in [1.54, 1.807) is 0 Å². The van der Waals surface area contributed by atoms with Crippen LogP contribution in [0.15, 0.2) is 6.07 Å². The van der Waals surface area contributed by atoms with E-state index in [9.17, 15) is 5.11 Å². The third-order valence-corrected chi connectivity index (χ3v) is 3.38. The van der Waals surface area contributed by atoms with Gasteiger partial charge in [-0.3, -0.25) is 0 Å². The zero-order valence-corrected chi connectivity index (χ0v) is 12.5. The number of nitrogens with one attached hydrogen (secondary N) is 1. The van der Waals surface area contributed by atoms with E-state index < -0.39 is 0 Å². The summed E-state index contributed by atoms with van der Waals surface area (Å²) >= 11 is 0. The molecule has 20 heavy (non-hydrogen) atoms. The maximum Gasteiger partial charge on any atom is 0.134 e. The van der Waals surface area contributed by atoms with Crippen LogP contribution in [-0.2, 0) is 4.74 Å². The van der Waals surface area contributed by atoms with Crippen LogP contribution in [0, 0.1) is 6.92 Å². The van der Waals surface area contributed by atoms with Crippen LogP contribution in [0.3, 0.4) is 0 Å². The molecule has 2 N–H and O–H groups in total. The van der Waals surface area contributed by atoms with Crippen molar-refractivity contribution in [1.82, 2.24) is 9.97 Å². The van der Waals surface area contributed by atoms with E-state index in [-0.39, 0.29) is 18.8 Å². The smallest absolute Gasteiger partial charge is 0.134 e. The van der Waals surface area contributed by atoms with E-state index in [0.717, 1.165) is 30.4 Å². The highest BCUT2D eigenvalue weighted by Gasteiger charge is 2.27. The van der Waals surface area contributed by atoms with Crippen LogP contribution in [0.25, 0.3) is 0 Å². The summed E-state index contributed by atoms with van der Waals surface area (Å²) in [6.07, 6.45) is 0.910. The van der Waals surface area contributed by atoms with Crippen LogP contribution in [0.1, 0.15) is 26.1 Å². The van der Waals surface area contributed by atoms with E-state index in [4.69, 9.17) is 4.74 Å². The van der Waals surface area contributed by atoms with Crippen LogP contribution >= 0.6 is 0 Å². The first kappa shape index (κ1) is 15.0. The number of aromatic nitrogens is 2. The Balaban J connectivity index is 2.19. The highest BCUT2D eigenvalue weighted by Crippen LogP contribution is 2.22. The Morgan fingerprint density at radius 2 is 2.30 bits per heavy atom. The number of morpholine rings is 1. The van der Waals surface area contributed by atoms with Crippen molar-refractivity contribution in [3.8, 4) is 0 Å². The lowest BCUT2D eigenvalue weighted by molar-refractivity contribution is -0.0105. The largest absolute Gasteiger partial charge is 0.394 e. The van der Waals surface area contributed by atoms with E-state index in [1.807, 2.05) is 13.0 Å². The lowest BCUT2D eigenvalue weighted by Crippen LogP contribution is -2.50. The predicted molar refractivity (Wildman–Crippen MR) is 79.2 cm³/mol. The van der Waals surface area contributed by atoms with Crippen molar-refractivity contribution in [3.63, 3.8) is 0 Å². The van der Waals surface area contributed by atoms with Crippen molar-refractivity contribution in [3.05, 3.63) is 11.9 Å². The van der Waals surface area contributed by atoms with Crippen molar-refractivity contribution in [2.45, 2.75) is 39.3 Å². The third kappa shape index (κ3) is 3.58. The second-order valence-electron chi connectivity index (χ2n) is 5.22. The fourth-order valence-corrected chi connectivity index (χ4v) is 2.29. The molecule has 0 aliphatic carbocycles. The molecule has 0 bridgehead atoms. The summed E-state index contributed by atoms with van der Waals surface area (Å²) in [6.45, 7) is 8.31. The van der Waals surface area contributed by atoms with Crippen LogP contribution < -0.4 is 10.2 Å². The van der Waals surface area contributed by atoms with Gasteiger partial charge in [-0.05, 0) is 20.3 Å². The van der Waals surface area contributed by atoms with Crippen molar-refractivity contribution in [2.24, 2.45) is 0 Å². The highest BCUT2D eigenvalue weighted by atomic mass is 16.5. The van der Waals surface area contributed by atoms with Gasteiger partial charge in [0.25, 0.3) is 0 Å². The van der Waals surface area contributed by atoms with E-state index in [0.29, 0.717) is 13.2 Å². The Morgan fingerprint density at radius 1 is 1.50 bits per heavy atom. The molecular weight excluding hydrogens is 256 g/mol. The van der Waals surface area contributed by atoms with Gasteiger partial charge in [0, 0.05) is 19.2 Å². The minimum Gasteiger partial charge on any atom is -0.394 e. The number of anilines is 2. The quantitative estimate of drug-likeness (QED) is 0.844. The third-order valence-electron chi connectivity index (χ3n) is 3.38. The van der Waals surface area contributed by atoms with Gasteiger partial charge in [-0.15, -0.1) is 0 Å². The number of rotatable bonds is 5. The van der Waals surface area contributed by atoms with Crippen molar-refractivity contribution in [1.29, 1.82) is 0 Å². The van der Waals surface area contributed by atoms with Gasteiger partial charge in [-0.2, -0.15) is 0 Å². The summed E-state index contributed by atoms with van der Waals surface area (Å²) < 4.78 is 5.57. The molecule has 1 saturated heterocycles. The van der Waals surface area contributed by atoms with Gasteiger partial charge >= 0.3 is 0 Å². The van der Waals surface area contributed by atoms with E-state index >= 15 is 0 Å². The van der Waals surface area contributed by atoms with Crippen molar-refractivity contribution in [2.75, 3.05) is 36.5 Å². The molecule has 2 unspecified atom stereocenters. The van der Waals surface area contributed by atoms with Crippen molar-refractivity contribution < 1.29 is 9.84 Å². The second kappa shape index (κ2) is 6.85. The molecule has 1 aliphatic rings. The molecule has 0 spiro atoms. The van der Waals surface area contributed by atoms with Crippen molar-refractivity contribution >= 4 is 11.6 Å². The van der Waals surface area contributed by atoms with Gasteiger partial charge in [-0.25, -0.2) is 9.97 Å². The Labute approximate surface area is 120 Å². The Morgan fingerprint density at radius 3 is 3.00 bits per heavy atom. The standard InChI is InChI=1S/C14H24N4O2/c1-4-5-15-13-6-14(17-11(3)16-13)18-7-12(8-19)20-9-10(18)2/h6,10,12,19H,4-5,7-9H2,1-3H3,(H,15,16,17). The average molecular weight is 280 g/mol. The van der Waals surface area contributed by atoms with Crippen LogP contribution in [0.4, 0.5) is 11.6 Å². The van der Waals surface area contributed by atoms with Crippen LogP contribution in [0.2, 0.25) is 0 Å². The fraction of sp³-hybridized carbons (Fsp3) is 0.714. The number of hydrogen-bond donors (Lipinski definition) is 2. The highest BCUT2D eigenvalue weighted by molar-refractivity contribution is 5.50. The maximum absolute atomic E-state index is 9.27. The summed E-state index contributed by atoms with van der Waals surface area (Å²) in [7, 11) is 0. The van der Waals surface area contributed by atoms with Gasteiger partial charge in [0.1, 0.15) is 17.5 Å². The molecule has 112 valence electrons. The first-order valence-corrected chi connectivity index (χ1v) is 7.22. The van der Waals surface area contributed by atoms with Crippen LogP contribution in [0.5, 0.6) is 0 Å². The molecule has 1 aromatic heterocycles. The summed E-state index contributed by atoms with van der Waals surface area (Å²) in [5, 5.41) is 12.6. The Kier molecular flexibility index (Phi) is 5.14. The molecule has 0 aromatic carbocycles. The number of ether oxygens (including phenoxy) is 1. The maximum atomic E-state index is 9.27. The minimum absolute atomic E-state index is 0.0359. The van der Waals surface area contributed by atoms with Gasteiger partial charge in [0.05, 0.1) is 25.4 Å². The second-order valence-corrected chi connectivity index (χ2v) is 5.22. The zero-order valence-electron chi connectivity index (χ0n) is 12.5. The molecule has 6 nitrogen and oxygen atoms in total. The summed E-state index contributed by atoms with van der Waals surface area (Å²) in [6, 6.07) is 2.21. The molecule has 0 radical (unpaired) electrons. The molecule has 6 heteroatoms. The van der Waals surface area contributed by atoms with E-state index in [2.05, 4.69) is 34.0 Å². The lowest BCUT2D eigenvalue weighted by Gasteiger charge is -2.38. The number of aliphatic hydroxyl groups is 1. The van der Waals surface area contributed by atoms with Gasteiger partial charge in [0.2, 0.25) is 0 Å². The van der Waals surface area contributed by atoms with E-state index in [1.165, 1.54) is 0 Å². The average Bonchev–Trinajstić information content (AvgIpc) is 2.45. The first-order valence-electron chi connectivity index (χ1n) is 7.22. The number of nitrogens with zero attached hydrogens (tertiary/aromatic N) is 3. The monoisotopic (exact) mass is 280 g/mol. The fourth-order valence-electron chi connectivity index (χ4n) is 2.29. The molecular formula is C14H24N4O2. The number of hydrogen-bond acceptors (Lipinski definition) is 6. The molecule has 1 fully saturated rings. The minimum atomic E-state index is -0.145. The first-order chi connectivity index (χ1) is 9.63. The molecule has 2 atom stereocenters. The predicted octanol–water partition coefficient (Wildman–Crippen LogP) is 1.19. The van der Waals surface area contributed by atoms with Crippen LogP contribution in [-0.4, -0.2) is 53.5 Å². The molecule has 0 saturated carbocycles. The van der Waals surface area contributed by atoms with Gasteiger partial charge in [-0.1, -0.05) is 6.92 Å².